The lowest BCUT2D eigenvalue weighted by Crippen LogP contribution is -2.48. The number of nitrogens with zero attached hydrogens (tertiary/aromatic N) is 1. The lowest BCUT2D eigenvalue weighted by atomic mass is 10.1. The number of thiophene rings is 1. The van der Waals surface area contributed by atoms with E-state index in [-0.39, 0.29) is 11.8 Å². The van der Waals surface area contributed by atoms with Gasteiger partial charge in [0.05, 0.1) is 7.11 Å². The summed E-state index contributed by atoms with van der Waals surface area (Å²) in [7, 11) is 1.60. The number of benzene rings is 1. The second kappa shape index (κ2) is 9.62. The molecule has 0 saturated carbocycles. The zero-order chi connectivity index (χ0) is 20.8. The topological polar surface area (TPSA) is 106 Å². The zero-order valence-electron chi connectivity index (χ0n) is 16.6. The molecular weight excluding hydrogens is 392 g/mol. The molecular formula is C20H26N4O4S. The van der Waals surface area contributed by atoms with Crippen LogP contribution in [0.4, 0.5) is 14.6 Å². The number of nitrogens with one attached hydrogen (secondary N) is 2. The highest BCUT2D eigenvalue weighted by Gasteiger charge is 2.22. The van der Waals surface area contributed by atoms with E-state index in [2.05, 4.69) is 22.5 Å². The van der Waals surface area contributed by atoms with Gasteiger partial charge in [-0.15, -0.1) is 11.3 Å². The number of likely N-dealkylation sites (N-methyl/N-ethyl adjacent to an activating group) is 1. The van der Waals surface area contributed by atoms with Crippen molar-refractivity contribution in [1.29, 1.82) is 0 Å². The minimum atomic E-state index is -0.718. The number of anilines is 1. The Balaban J connectivity index is 1.73. The predicted octanol–water partition coefficient (Wildman–Crippen LogP) is 3.49. The summed E-state index contributed by atoms with van der Waals surface area (Å²) < 4.78 is 10.7. The van der Waals surface area contributed by atoms with Crippen molar-refractivity contribution in [3.63, 3.8) is 0 Å². The molecule has 0 aliphatic carbocycles. The normalized spacial score (nSPS) is 16.8. The maximum atomic E-state index is 12.4. The number of nitrogens with two attached hydrogens (primary N) is 1. The lowest BCUT2D eigenvalue weighted by Gasteiger charge is -2.31. The Morgan fingerprint density at radius 1 is 1.31 bits per heavy atom. The van der Waals surface area contributed by atoms with Crippen molar-refractivity contribution in [2.75, 3.05) is 32.1 Å². The van der Waals surface area contributed by atoms with Gasteiger partial charge in [-0.1, -0.05) is 6.92 Å². The Morgan fingerprint density at radius 2 is 2.07 bits per heavy atom. The molecule has 1 fully saturated rings. The number of hydrogen-bond donors (Lipinski definition) is 3. The molecule has 29 heavy (non-hydrogen) atoms. The molecule has 3 amide bonds. The van der Waals surface area contributed by atoms with Gasteiger partial charge in [0.25, 0.3) is 0 Å². The molecule has 0 radical (unpaired) electrons. The number of carbonyl (C=O) groups excluding carboxylic acids is 2. The zero-order valence-corrected chi connectivity index (χ0v) is 17.4. The van der Waals surface area contributed by atoms with Crippen LogP contribution >= 0.6 is 11.3 Å². The average Bonchev–Trinajstić information content (AvgIpc) is 3.09. The van der Waals surface area contributed by atoms with E-state index in [1.807, 2.05) is 24.3 Å². The van der Waals surface area contributed by atoms with Gasteiger partial charge in [0.1, 0.15) is 10.8 Å². The van der Waals surface area contributed by atoms with Crippen molar-refractivity contribution >= 4 is 28.5 Å². The van der Waals surface area contributed by atoms with Gasteiger partial charge in [-0.05, 0) is 55.8 Å². The van der Waals surface area contributed by atoms with Gasteiger partial charge in [0, 0.05) is 23.5 Å². The lowest BCUT2D eigenvalue weighted by molar-refractivity contribution is 0.171. The number of rotatable bonds is 6. The minimum absolute atomic E-state index is 0.0449. The van der Waals surface area contributed by atoms with Crippen molar-refractivity contribution in [3.05, 3.63) is 30.3 Å². The molecule has 1 saturated heterocycles. The number of methoxy groups -OCH3 is 1. The van der Waals surface area contributed by atoms with E-state index >= 15 is 0 Å². The molecule has 1 unspecified atom stereocenters. The molecule has 1 aliphatic heterocycles. The second-order valence-corrected chi connectivity index (χ2v) is 7.84. The number of amides is 3. The highest BCUT2D eigenvalue weighted by Crippen LogP contribution is 2.41. The molecule has 2 aromatic rings. The quantitative estimate of drug-likeness (QED) is 0.666. The Bertz CT molecular complexity index is 853. The number of carbonyl (C=O) groups is 2. The van der Waals surface area contributed by atoms with Gasteiger partial charge >= 0.3 is 12.1 Å². The molecule has 2 heterocycles. The molecule has 1 aliphatic rings. The van der Waals surface area contributed by atoms with E-state index in [9.17, 15) is 9.59 Å². The van der Waals surface area contributed by atoms with Gasteiger partial charge in [-0.2, -0.15) is 0 Å². The number of primary amides is 1. The first kappa shape index (κ1) is 20.9. The van der Waals surface area contributed by atoms with Crippen LogP contribution in [-0.2, 0) is 0 Å². The van der Waals surface area contributed by atoms with Crippen LogP contribution in [0.1, 0.15) is 19.8 Å². The molecule has 9 heteroatoms. The highest BCUT2D eigenvalue weighted by molar-refractivity contribution is 7.20. The van der Waals surface area contributed by atoms with Crippen molar-refractivity contribution in [3.8, 4) is 21.9 Å². The third-order valence-corrected chi connectivity index (χ3v) is 5.87. The fourth-order valence-corrected chi connectivity index (χ4v) is 4.30. The Hall–Kier alpha value is -2.78. The van der Waals surface area contributed by atoms with E-state index in [1.165, 1.54) is 11.3 Å². The molecule has 156 valence electrons. The first-order valence-corrected chi connectivity index (χ1v) is 10.4. The summed E-state index contributed by atoms with van der Waals surface area (Å²) in [6.45, 7) is 4.91. The van der Waals surface area contributed by atoms with E-state index in [0.717, 1.165) is 48.7 Å². The SMILES string of the molecule is CCN1CCCC(NC(=O)Oc2cc(-c3ccc(OC)cc3)sc2NC(N)=O)C1. The van der Waals surface area contributed by atoms with Gasteiger partial charge < -0.3 is 25.4 Å². The van der Waals surface area contributed by atoms with Gasteiger partial charge in [-0.25, -0.2) is 9.59 Å². The molecule has 1 atom stereocenters. The summed E-state index contributed by atoms with van der Waals surface area (Å²) in [5, 5.41) is 5.83. The third kappa shape index (κ3) is 5.61. The summed E-state index contributed by atoms with van der Waals surface area (Å²) >= 11 is 1.28. The standard InChI is InChI=1S/C20H26N4O4S/c1-3-24-10-4-5-14(12-24)22-20(26)28-16-11-17(29-18(16)23-19(21)25)13-6-8-15(27-2)9-7-13/h6-9,11,14H,3-5,10,12H2,1-2H3,(H,22,26)(H3,21,23,25). The van der Waals surface area contributed by atoms with Crippen LogP contribution in [0.5, 0.6) is 11.5 Å². The number of piperidine rings is 1. The first-order chi connectivity index (χ1) is 14.0. The number of hydrogen-bond acceptors (Lipinski definition) is 6. The number of ether oxygens (including phenoxy) is 2. The molecule has 3 rings (SSSR count). The van der Waals surface area contributed by atoms with Crippen LogP contribution in [0.15, 0.2) is 30.3 Å². The predicted molar refractivity (Wildman–Crippen MR) is 114 cm³/mol. The number of likely N-dealkylation sites (tertiary alicyclic amines) is 1. The van der Waals surface area contributed by atoms with E-state index in [1.54, 1.807) is 13.2 Å². The Morgan fingerprint density at radius 3 is 2.72 bits per heavy atom. The Labute approximate surface area is 174 Å². The summed E-state index contributed by atoms with van der Waals surface area (Å²) in [6, 6.07) is 8.51. The Kier molecular flexibility index (Phi) is 6.95. The third-order valence-electron chi connectivity index (χ3n) is 4.79. The van der Waals surface area contributed by atoms with Crippen molar-refractivity contribution in [2.24, 2.45) is 5.73 Å². The van der Waals surface area contributed by atoms with Crippen molar-refractivity contribution < 1.29 is 19.1 Å². The minimum Gasteiger partial charge on any atom is -0.497 e. The van der Waals surface area contributed by atoms with E-state index in [0.29, 0.717) is 5.00 Å². The maximum absolute atomic E-state index is 12.4. The summed E-state index contributed by atoms with van der Waals surface area (Å²) in [5.41, 5.74) is 6.18. The fourth-order valence-electron chi connectivity index (χ4n) is 3.30. The molecule has 0 bridgehead atoms. The van der Waals surface area contributed by atoms with Crippen LogP contribution in [0, 0.1) is 0 Å². The fraction of sp³-hybridized carbons (Fsp3) is 0.400. The van der Waals surface area contributed by atoms with Crippen LogP contribution in [0.25, 0.3) is 10.4 Å². The highest BCUT2D eigenvalue weighted by atomic mass is 32.1. The number of urea groups is 1. The first-order valence-electron chi connectivity index (χ1n) is 9.54. The van der Waals surface area contributed by atoms with Crippen LogP contribution < -0.4 is 25.8 Å². The summed E-state index contributed by atoms with van der Waals surface area (Å²) in [4.78, 5) is 26.9. The largest absolute Gasteiger partial charge is 0.497 e. The van der Waals surface area contributed by atoms with Crippen LogP contribution in [-0.4, -0.2) is 49.8 Å². The van der Waals surface area contributed by atoms with E-state index in [4.69, 9.17) is 15.2 Å². The molecule has 1 aromatic carbocycles. The molecule has 4 N–H and O–H groups in total. The molecule has 0 spiro atoms. The average molecular weight is 419 g/mol. The van der Waals surface area contributed by atoms with Crippen LogP contribution in [0.3, 0.4) is 0 Å². The summed E-state index contributed by atoms with van der Waals surface area (Å²) in [5.74, 6) is 1.01. The smallest absolute Gasteiger partial charge is 0.412 e. The van der Waals surface area contributed by atoms with Crippen LogP contribution in [0.2, 0.25) is 0 Å². The van der Waals surface area contributed by atoms with Gasteiger partial charge in [-0.3, -0.25) is 5.32 Å². The van der Waals surface area contributed by atoms with E-state index < -0.39 is 12.1 Å². The van der Waals surface area contributed by atoms with Gasteiger partial charge in [0.2, 0.25) is 0 Å². The second-order valence-electron chi connectivity index (χ2n) is 6.79. The van der Waals surface area contributed by atoms with Crippen molar-refractivity contribution in [2.45, 2.75) is 25.8 Å². The molecule has 8 nitrogen and oxygen atoms in total. The summed E-state index contributed by atoms with van der Waals surface area (Å²) in [6.07, 6.45) is 1.41. The maximum Gasteiger partial charge on any atom is 0.412 e. The molecule has 1 aromatic heterocycles. The monoisotopic (exact) mass is 418 g/mol. The van der Waals surface area contributed by atoms with Gasteiger partial charge in [0.15, 0.2) is 5.75 Å². The van der Waals surface area contributed by atoms with Crippen molar-refractivity contribution in [1.82, 2.24) is 10.2 Å².